The predicted octanol–water partition coefficient (Wildman–Crippen LogP) is 4.36. The molecule has 0 spiro atoms. The summed E-state index contributed by atoms with van der Waals surface area (Å²) in [7, 11) is -3.75. The summed E-state index contributed by atoms with van der Waals surface area (Å²) >= 11 is 0. The first-order chi connectivity index (χ1) is 14.5. The average Bonchev–Trinajstić information content (AvgIpc) is 2.77. The molecule has 3 aromatic rings. The Morgan fingerprint density at radius 2 is 1.67 bits per heavy atom. The van der Waals surface area contributed by atoms with Crippen LogP contribution in [0.2, 0.25) is 0 Å². The molecule has 2 aromatic carbocycles. The number of aromatic nitrogens is 2. The van der Waals surface area contributed by atoms with Crippen LogP contribution in [0.5, 0.6) is 0 Å². The van der Waals surface area contributed by atoms with Crippen molar-refractivity contribution in [1.82, 2.24) is 13.9 Å². The third-order valence-electron chi connectivity index (χ3n) is 5.32. The predicted molar refractivity (Wildman–Crippen MR) is 120 cm³/mol. The van der Waals surface area contributed by atoms with Gasteiger partial charge in [0.2, 0.25) is 10.0 Å². The third kappa shape index (κ3) is 4.18. The number of hydrogen-bond acceptors (Lipinski definition) is 4. The van der Waals surface area contributed by atoms with Crippen molar-refractivity contribution in [2.75, 3.05) is 6.54 Å². The van der Waals surface area contributed by atoms with Crippen molar-refractivity contribution in [1.29, 1.82) is 0 Å². The zero-order chi connectivity index (χ0) is 21.7. The highest BCUT2D eigenvalue weighted by Gasteiger charge is 2.33. The Hall–Kier alpha value is -2.51. The van der Waals surface area contributed by atoms with E-state index in [0.29, 0.717) is 36.2 Å². The molecule has 0 saturated heterocycles. The minimum atomic E-state index is -3.75. The molecule has 30 heavy (non-hydrogen) atoms. The fourth-order valence-corrected chi connectivity index (χ4v) is 5.47. The molecule has 0 aliphatic carbocycles. The Bertz CT molecular complexity index is 1160. The van der Waals surface area contributed by atoms with Gasteiger partial charge in [-0.1, -0.05) is 50.6 Å². The second-order valence-corrected chi connectivity index (χ2v) is 9.13. The molecule has 1 heterocycles. The van der Waals surface area contributed by atoms with Gasteiger partial charge in [-0.25, -0.2) is 13.4 Å². The molecule has 0 saturated carbocycles. The maximum Gasteiger partial charge on any atom is 0.261 e. The first kappa shape index (κ1) is 22.2. The van der Waals surface area contributed by atoms with E-state index in [0.717, 1.165) is 12.8 Å². The second-order valence-electron chi connectivity index (χ2n) is 7.24. The molecule has 0 fully saturated rings. The van der Waals surface area contributed by atoms with Gasteiger partial charge in [0.25, 0.3) is 5.56 Å². The van der Waals surface area contributed by atoms with Crippen molar-refractivity contribution in [2.24, 2.45) is 0 Å². The molecule has 0 radical (unpaired) electrons. The van der Waals surface area contributed by atoms with E-state index in [4.69, 9.17) is 4.98 Å². The zero-order valence-corrected chi connectivity index (χ0v) is 18.6. The van der Waals surface area contributed by atoms with Crippen molar-refractivity contribution >= 4 is 20.9 Å². The van der Waals surface area contributed by atoms with Crippen LogP contribution in [0.15, 0.2) is 64.3 Å². The molecule has 7 heteroatoms. The Kier molecular flexibility index (Phi) is 7.05. The van der Waals surface area contributed by atoms with E-state index in [-0.39, 0.29) is 10.5 Å². The van der Waals surface area contributed by atoms with Crippen molar-refractivity contribution < 1.29 is 8.42 Å². The van der Waals surface area contributed by atoms with Gasteiger partial charge in [-0.3, -0.25) is 9.36 Å². The van der Waals surface area contributed by atoms with E-state index in [1.165, 1.54) is 4.31 Å². The lowest BCUT2D eigenvalue weighted by Crippen LogP contribution is -2.39. The first-order valence-electron chi connectivity index (χ1n) is 10.5. The molecule has 0 bridgehead atoms. The summed E-state index contributed by atoms with van der Waals surface area (Å²) in [4.78, 5) is 18.1. The monoisotopic (exact) mass is 427 g/mol. The van der Waals surface area contributed by atoms with E-state index < -0.39 is 16.1 Å². The summed E-state index contributed by atoms with van der Waals surface area (Å²) in [5.74, 6) is 0.499. The van der Waals surface area contributed by atoms with Crippen LogP contribution >= 0.6 is 0 Å². The number of fused-ring (bicyclic) bond motifs is 1. The molecule has 1 atom stereocenters. The molecule has 6 nitrogen and oxygen atoms in total. The molecular weight excluding hydrogens is 398 g/mol. The van der Waals surface area contributed by atoms with Gasteiger partial charge in [0.05, 0.1) is 21.8 Å². The second kappa shape index (κ2) is 9.53. The number of nitrogens with zero attached hydrogens (tertiary/aromatic N) is 3. The van der Waals surface area contributed by atoms with E-state index in [1.54, 1.807) is 47.0 Å². The van der Waals surface area contributed by atoms with Crippen LogP contribution in [0.3, 0.4) is 0 Å². The Morgan fingerprint density at radius 1 is 1.00 bits per heavy atom. The van der Waals surface area contributed by atoms with Gasteiger partial charge >= 0.3 is 0 Å². The molecule has 1 unspecified atom stereocenters. The molecule has 160 valence electrons. The summed E-state index contributed by atoms with van der Waals surface area (Å²) in [6, 6.07) is 15.2. The van der Waals surface area contributed by atoms with Gasteiger partial charge in [-0.2, -0.15) is 4.31 Å². The highest BCUT2D eigenvalue weighted by molar-refractivity contribution is 7.89. The van der Waals surface area contributed by atoms with Crippen LogP contribution < -0.4 is 5.56 Å². The largest absolute Gasteiger partial charge is 0.295 e. The number of unbranched alkanes of at least 4 members (excludes halogenated alkanes) is 1. The quantitative estimate of drug-likeness (QED) is 0.509. The molecule has 3 rings (SSSR count). The van der Waals surface area contributed by atoms with Crippen LogP contribution in [0.1, 0.15) is 51.9 Å². The Labute approximate surface area is 178 Å². The number of sulfonamides is 1. The molecule has 0 amide bonds. The maximum absolute atomic E-state index is 13.6. The molecule has 0 aliphatic heterocycles. The third-order valence-corrected chi connectivity index (χ3v) is 7.24. The van der Waals surface area contributed by atoms with Gasteiger partial charge in [-0.05, 0) is 44.0 Å². The Morgan fingerprint density at radius 3 is 2.30 bits per heavy atom. The van der Waals surface area contributed by atoms with Gasteiger partial charge < -0.3 is 0 Å². The van der Waals surface area contributed by atoms with Gasteiger partial charge in [0.1, 0.15) is 5.82 Å². The normalized spacial score (nSPS) is 13.1. The first-order valence-corrected chi connectivity index (χ1v) is 12.0. The summed E-state index contributed by atoms with van der Waals surface area (Å²) in [6.45, 7) is 6.65. The summed E-state index contributed by atoms with van der Waals surface area (Å²) < 4.78 is 30.3. The fraction of sp³-hybridized carbons (Fsp3) is 0.391. The number of benzene rings is 2. The zero-order valence-electron chi connectivity index (χ0n) is 17.8. The van der Waals surface area contributed by atoms with Crippen LogP contribution in [-0.4, -0.2) is 28.8 Å². The smallest absolute Gasteiger partial charge is 0.261 e. The van der Waals surface area contributed by atoms with E-state index in [1.807, 2.05) is 32.9 Å². The van der Waals surface area contributed by atoms with Crippen LogP contribution in [0, 0.1) is 0 Å². The SMILES string of the molecule is CCCCN(C(CC)c1nc2ccccc2c(=O)n1CC)S(=O)(=O)c1ccccc1. The summed E-state index contributed by atoms with van der Waals surface area (Å²) in [5, 5.41) is 0.545. The number of rotatable bonds is 9. The van der Waals surface area contributed by atoms with Crippen LogP contribution in [-0.2, 0) is 16.6 Å². The van der Waals surface area contributed by atoms with Crippen molar-refractivity contribution in [3.8, 4) is 0 Å². The maximum atomic E-state index is 13.6. The number of hydrogen-bond donors (Lipinski definition) is 0. The highest BCUT2D eigenvalue weighted by atomic mass is 32.2. The molecule has 0 N–H and O–H groups in total. The van der Waals surface area contributed by atoms with E-state index in [2.05, 4.69) is 0 Å². The lowest BCUT2D eigenvalue weighted by atomic mass is 10.1. The minimum absolute atomic E-state index is 0.135. The van der Waals surface area contributed by atoms with E-state index >= 15 is 0 Å². The van der Waals surface area contributed by atoms with Gasteiger partial charge in [0, 0.05) is 13.1 Å². The average molecular weight is 428 g/mol. The lowest BCUT2D eigenvalue weighted by Gasteiger charge is -2.31. The topological polar surface area (TPSA) is 72.3 Å². The van der Waals surface area contributed by atoms with Crippen molar-refractivity contribution in [3.63, 3.8) is 0 Å². The van der Waals surface area contributed by atoms with E-state index in [9.17, 15) is 13.2 Å². The summed E-state index contributed by atoms with van der Waals surface area (Å²) in [6.07, 6.45) is 2.11. The Balaban J connectivity index is 2.21. The minimum Gasteiger partial charge on any atom is -0.295 e. The van der Waals surface area contributed by atoms with Crippen LogP contribution in [0.4, 0.5) is 0 Å². The molecule has 1 aromatic heterocycles. The van der Waals surface area contributed by atoms with Crippen molar-refractivity contribution in [2.45, 2.75) is 57.5 Å². The fourth-order valence-electron chi connectivity index (χ4n) is 3.75. The summed E-state index contributed by atoms with van der Waals surface area (Å²) in [5.41, 5.74) is 0.456. The molecular formula is C23H29N3O3S. The van der Waals surface area contributed by atoms with Gasteiger partial charge in [-0.15, -0.1) is 0 Å². The van der Waals surface area contributed by atoms with Crippen molar-refractivity contribution in [3.05, 3.63) is 70.8 Å². The highest BCUT2D eigenvalue weighted by Crippen LogP contribution is 2.30. The standard InChI is InChI=1S/C23H29N3O3S/c1-4-7-17-26(30(28,29)18-13-9-8-10-14-18)21(5-2)22-24-20-16-12-11-15-19(20)23(27)25(22)6-3/h8-16,21H,4-7,17H2,1-3H3. The number of para-hydroxylation sites is 1. The van der Waals surface area contributed by atoms with Crippen LogP contribution in [0.25, 0.3) is 10.9 Å². The van der Waals surface area contributed by atoms with Gasteiger partial charge in [0.15, 0.2) is 0 Å². The molecule has 0 aliphatic rings. The lowest BCUT2D eigenvalue weighted by molar-refractivity contribution is 0.291.